The van der Waals surface area contributed by atoms with Crippen LogP contribution in [0.4, 0.5) is 15.3 Å². The molecule has 0 atom stereocenters. The minimum Gasteiger partial charge on any atom is -0.341 e. The van der Waals surface area contributed by atoms with Crippen molar-refractivity contribution in [1.82, 2.24) is 16.0 Å². The number of benzene rings is 2. The first kappa shape index (κ1) is 14.6. The molecule has 0 unspecified atom stereocenters. The largest absolute Gasteiger partial charge is 0.341 e. The van der Waals surface area contributed by atoms with Gasteiger partial charge in [0.05, 0.1) is 6.67 Å². The van der Waals surface area contributed by atoms with Crippen molar-refractivity contribution in [2.45, 2.75) is 6.92 Å². The van der Waals surface area contributed by atoms with Crippen molar-refractivity contribution in [2.75, 3.05) is 19.0 Å². The summed E-state index contributed by atoms with van der Waals surface area (Å²) in [7, 11) is 1.51. The van der Waals surface area contributed by atoms with Crippen LogP contribution >= 0.6 is 0 Å². The van der Waals surface area contributed by atoms with Gasteiger partial charge in [-0.1, -0.05) is 29.8 Å². The number of nitrogens with one attached hydrogen (secondary N) is 4. The van der Waals surface area contributed by atoms with Crippen LogP contribution in [0.25, 0.3) is 10.8 Å². The zero-order chi connectivity index (χ0) is 15.2. The van der Waals surface area contributed by atoms with Crippen LogP contribution in [0.5, 0.6) is 0 Å². The number of aryl methyl sites for hydroxylation is 1. The molecule has 0 spiro atoms. The van der Waals surface area contributed by atoms with Gasteiger partial charge >= 0.3 is 12.1 Å². The van der Waals surface area contributed by atoms with Crippen LogP contribution < -0.4 is 21.3 Å². The first-order chi connectivity index (χ1) is 10.1. The van der Waals surface area contributed by atoms with Crippen LogP contribution in [-0.4, -0.2) is 25.8 Å². The normalized spacial score (nSPS) is 10.0. The summed E-state index contributed by atoms with van der Waals surface area (Å²) in [5.41, 5.74) is 1.87. The van der Waals surface area contributed by atoms with Gasteiger partial charge in [-0.2, -0.15) is 0 Å². The number of rotatable bonds is 3. The predicted octanol–water partition coefficient (Wildman–Crippen LogP) is 2.16. The molecule has 4 amide bonds. The van der Waals surface area contributed by atoms with Crippen molar-refractivity contribution in [3.8, 4) is 0 Å². The number of carbonyl (C=O) groups is 2. The highest BCUT2D eigenvalue weighted by molar-refractivity contribution is 5.93. The fourth-order valence-corrected chi connectivity index (χ4v) is 1.91. The number of amides is 4. The first-order valence-electron chi connectivity index (χ1n) is 6.59. The molecular weight excluding hydrogens is 268 g/mol. The van der Waals surface area contributed by atoms with Crippen molar-refractivity contribution >= 4 is 28.5 Å². The molecule has 2 rings (SSSR count). The highest BCUT2D eigenvalue weighted by atomic mass is 16.2. The monoisotopic (exact) mass is 286 g/mol. The van der Waals surface area contributed by atoms with E-state index in [0.717, 1.165) is 10.8 Å². The Morgan fingerprint density at radius 1 is 0.952 bits per heavy atom. The van der Waals surface area contributed by atoms with E-state index in [1.165, 1.54) is 12.6 Å². The average Bonchev–Trinajstić information content (AvgIpc) is 2.46. The standard InChI is InChI=1S/C15H18N4O2/c1-10-3-4-11-5-6-13(8-12(11)7-10)19-15(21)18-9-17-14(20)16-2/h3-8H,9H2,1-2H3,(H2,16,17,20)(H2,18,19,21). The zero-order valence-electron chi connectivity index (χ0n) is 12.0. The van der Waals surface area contributed by atoms with Gasteiger partial charge in [-0.3, -0.25) is 0 Å². The quantitative estimate of drug-likeness (QED) is 0.652. The van der Waals surface area contributed by atoms with E-state index < -0.39 is 0 Å². The van der Waals surface area contributed by atoms with Gasteiger partial charge in [-0.25, -0.2) is 9.59 Å². The van der Waals surface area contributed by atoms with Gasteiger partial charge in [0.1, 0.15) is 0 Å². The SMILES string of the molecule is CNC(=O)NCNC(=O)Nc1ccc2ccc(C)cc2c1. The van der Waals surface area contributed by atoms with E-state index >= 15 is 0 Å². The topological polar surface area (TPSA) is 82.3 Å². The van der Waals surface area contributed by atoms with E-state index in [-0.39, 0.29) is 18.7 Å². The van der Waals surface area contributed by atoms with Crippen LogP contribution in [0.15, 0.2) is 36.4 Å². The van der Waals surface area contributed by atoms with Gasteiger partial charge in [0.15, 0.2) is 0 Å². The maximum absolute atomic E-state index is 11.7. The molecule has 21 heavy (non-hydrogen) atoms. The molecule has 0 aliphatic carbocycles. The second-order valence-corrected chi connectivity index (χ2v) is 4.63. The number of hydrogen-bond donors (Lipinski definition) is 4. The summed E-state index contributed by atoms with van der Waals surface area (Å²) < 4.78 is 0. The summed E-state index contributed by atoms with van der Waals surface area (Å²) in [4.78, 5) is 22.6. The second kappa shape index (κ2) is 6.60. The van der Waals surface area contributed by atoms with Crippen LogP contribution in [-0.2, 0) is 0 Å². The lowest BCUT2D eigenvalue weighted by atomic mass is 10.1. The molecule has 110 valence electrons. The number of carbonyl (C=O) groups excluding carboxylic acids is 2. The minimum atomic E-state index is -0.376. The van der Waals surface area contributed by atoms with Gasteiger partial charge in [0.25, 0.3) is 0 Å². The minimum absolute atomic E-state index is 0.0538. The van der Waals surface area contributed by atoms with Crippen LogP contribution in [0.2, 0.25) is 0 Å². The molecule has 4 N–H and O–H groups in total. The number of urea groups is 2. The van der Waals surface area contributed by atoms with E-state index in [1.54, 1.807) is 0 Å². The van der Waals surface area contributed by atoms with Crippen LogP contribution in [0.1, 0.15) is 5.56 Å². The van der Waals surface area contributed by atoms with Crippen molar-refractivity contribution < 1.29 is 9.59 Å². The molecule has 0 aromatic heterocycles. The van der Waals surface area contributed by atoms with Gasteiger partial charge in [-0.05, 0) is 29.8 Å². The van der Waals surface area contributed by atoms with Gasteiger partial charge < -0.3 is 21.3 Å². The molecule has 0 saturated carbocycles. The van der Waals surface area contributed by atoms with E-state index in [2.05, 4.69) is 27.3 Å². The fourth-order valence-electron chi connectivity index (χ4n) is 1.91. The fraction of sp³-hybridized carbons (Fsp3) is 0.200. The van der Waals surface area contributed by atoms with Gasteiger partial charge in [0.2, 0.25) is 0 Å². The Hall–Kier alpha value is -2.76. The molecule has 0 bridgehead atoms. The Labute approximate surface area is 122 Å². The number of anilines is 1. The lowest BCUT2D eigenvalue weighted by Crippen LogP contribution is -2.42. The summed E-state index contributed by atoms with van der Waals surface area (Å²) in [6, 6.07) is 11.1. The van der Waals surface area contributed by atoms with E-state index in [0.29, 0.717) is 5.69 Å². The van der Waals surface area contributed by atoms with Crippen molar-refractivity contribution in [1.29, 1.82) is 0 Å². The van der Waals surface area contributed by atoms with Crippen molar-refractivity contribution in [3.63, 3.8) is 0 Å². The Morgan fingerprint density at radius 2 is 1.67 bits per heavy atom. The van der Waals surface area contributed by atoms with Crippen molar-refractivity contribution in [3.05, 3.63) is 42.0 Å². The highest BCUT2D eigenvalue weighted by Gasteiger charge is 2.03. The van der Waals surface area contributed by atoms with Crippen LogP contribution in [0, 0.1) is 6.92 Å². The Bertz CT molecular complexity index is 670. The highest BCUT2D eigenvalue weighted by Crippen LogP contribution is 2.20. The number of hydrogen-bond acceptors (Lipinski definition) is 2. The molecule has 2 aromatic rings. The van der Waals surface area contributed by atoms with E-state index in [4.69, 9.17) is 0 Å². The Balaban J connectivity index is 1.96. The summed E-state index contributed by atoms with van der Waals surface area (Å²) in [6.07, 6.45) is 0. The Kier molecular flexibility index (Phi) is 4.61. The molecule has 6 heteroatoms. The molecule has 0 aliphatic heterocycles. The lowest BCUT2D eigenvalue weighted by Gasteiger charge is -2.09. The third-order valence-electron chi connectivity index (χ3n) is 2.98. The molecule has 0 radical (unpaired) electrons. The first-order valence-corrected chi connectivity index (χ1v) is 6.59. The maximum atomic E-state index is 11.7. The van der Waals surface area contributed by atoms with Crippen LogP contribution in [0.3, 0.4) is 0 Å². The average molecular weight is 286 g/mol. The van der Waals surface area contributed by atoms with E-state index in [9.17, 15) is 9.59 Å². The molecule has 0 saturated heterocycles. The third kappa shape index (κ3) is 4.10. The second-order valence-electron chi connectivity index (χ2n) is 4.63. The van der Waals surface area contributed by atoms with Crippen molar-refractivity contribution in [2.24, 2.45) is 0 Å². The molecule has 0 aliphatic rings. The predicted molar refractivity (Wildman–Crippen MR) is 83.3 cm³/mol. The maximum Gasteiger partial charge on any atom is 0.320 e. The summed E-state index contributed by atoms with van der Waals surface area (Å²) >= 11 is 0. The Morgan fingerprint density at radius 3 is 2.43 bits per heavy atom. The summed E-state index contributed by atoms with van der Waals surface area (Å²) in [5, 5.41) is 12.3. The van der Waals surface area contributed by atoms with Gasteiger partial charge in [0, 0.05) is 12.7 Å². The smallest absolute Gasteiger partial charge is 0.320 e. The molecule has 0 fully saturated rings. The molecule has 2 aromatic carbocycles. The third-order valence-corrected chi connectivity index (χ3v) is 2.98. The zero-order valence-corrected chi connectivity index (χ0v) is 12.0. The molecular formula is C15H18N4O2. The molecule has 0 heterocycles. The molecule has 6 nitrogen and oxygen atoms in total. The van der Waals surface area contributed by atoms with Gasteiger partial charge in [-0.15, -0.1) is 0 Å². The summed E-state index contributed by atoms with van der Waals surface area (Å²) in [6.45, 7) is 2.08. The summed E-state index contributed by atoms with van der Waals surface area (Å²) in [5.74, 6) is 0. The number of fused-ring (bicyclic) bond motifs is 1. The van der Waals surface area contributed by atoms with E-state index in [1.807, 2.05) is 37.3 Å². The lowest BCUT2D eigenvalue weighted by molar-refractivity contribution is 0.240.